The van der Waals surface area contributed by atoms with Crippen molar-refractivity contribution in [2.24, 2.45) is 5.41 Å². The Kier molecular flexibility index (Phi) is 3.95. The van der Waals surface area contributed by atoms with Gasteiger partial charge in [-0.15, -0.1) is 0 Å². The Morgan fingerprint density at radius 1 is 1.10 bits per heavy atom. The maximum Gasteiger partial charge on any atom is 0.225 e. The minimum atomic E-state index is 0.513. The van der Waals surface area contributed by atoms with E-state index in [-0.39, 0.29) is 0 Å². The molecule has 0 atom stereocenters. The van der Waals surface area contributed by atoms with Crippen molar-refractivity contribution in [3.63, 3.8) is 0 Å². The molecule has 1 saturated carbocycles. The molecule has 0 aliphatic heterocycles. The molecule has 2 aromatic rings. The van der Waals surface area contributed by atoms with Gasteiger partial charge in [0.1, 0.15) is 5.82 Å². The van der Waals surface area contributed by atoms with Crippen LogP contribution in [0.5, 0.6) is 0 Å². The first kappa shape index (κ1) is 14.1. The molecule has 1 aromatic heterocycles. The van der Waals surface area contributed by atoms with Crippen molar-refractivity contribution in [3.8, 4) is 0 Å². The fraction of sp³-hybridized carbons (Fsp3) is 0.529. The topological polar surface area (TPSA) is 49.8 Å². The molecule has 0 bridgehead atoms. The van der Waals surface area contributed by atoms with Crippen LogP contribution in [0.3, 0.4) is 0 Å². The molecule has 21 heavy (non-hydrogen) atoms. The van der Waals surface area contributed by atoms with Gasteiger partial charge >= 0.3 is 0 Å². The van der Waals surface area contributed by atoms with Gasteiger partial charge in [0, 0.05) is 18.5 Å². The maximum absolute atomic E-state index is 4.65. The van der Waals surface area contributed by atoms with Gasteiger partial charge in [-0.3, -0.25) is 0 Å². The summed E-state index contributed by atoms with van der Waals surface area (Å²) >= 11 is 0. The van der Waals surface area contributed by atoms with Crippen LogP contribution in [-0.2, 0) is 0 Å². The normalized spacial score (nSPS) is 15.9. The zero-order valence-electron chi connectivity index (χ0n) is 12.9. The second-order valence-electron chi connectivity index (χ2n) is 6.05. The summed E-state index contributed by atoms with van der Waals surface area (Å²) in [7, 11) is 0. The van der Waals surface area contributed by atoms with Crippen LogP contribution in [0.15, 0.2) is 24.3 Å². The summed E-state index contributed by atoms with van der Waals surface area (Å²) in [6.07, 6.45) is 5.26. The largest absolute Gasteiger partial charge is 0.369 e. The highest BCUT2D eigenvalue weighted by Crippen LogP contribution is 2.49. The lowest BCUT2D eigenvalue weighted by Gasteiger charge is -2.17. The SMILES string of the molecule is CCCC1(CNc2nc(NCC)nc3ccccc23)CC1. The number of aromatic nitrogens is 2. The first-order valence-electron chi connectivity index (χ1n) is 8.01. The van der Waals surface area contributed by atoms with Gasteiger partial charge in [0.15, 0.2) is 0 Å². The van der Waals surface area contributed by atoms with Gasteiger partial charge in [-0.25, -0.2) is 4.98 Å². The number of fused-ring (bicyclic) bond motifs is 1. The maximum atomic E-state index is 4.65. The Balaban J connectivity index is 1.85. The summed E-state index contributed by atoms with van der Waals surface area (Å²) in [5.41, 5.74) is 1.50. The van der Waals surface area contributed by atoms with Crippen LogP contribution in [-0.4, -0.2) is 23.1 Å². The van der Waals surface area contributed by atoms with E-state index in [1.54, 1.807) is 0 Å². The first-order valence-corrected chi connectivity index (χ1v) is 8.01. The quantitative estimate of drug-likeness (QED) is 0.805. The van der Waals surface area contributed by atoms with E-state index in [1.807, 2.05) is 18.2 Å². The molecule has 0 saturated heterocycles. The van der Waals surface area contributed by atoms with Gasteiger partial charge in [-0.05, 0) is 43.7 Å². The van der Waals surface area contributed by atoms with Gasteiger partial charge in [-0.1, -0.05) is 25.5 Å². The molecule has 3 rings (SSSR count). The number of benzene rings is 1. The zero-order valence-corrected chi connectivity index (χ0v) is 12.9. The second-order valence-corrected chi connectivity index (χ2v) is 6.05. The van der Waals surface area contributed by atoms with Crippen molar-refractivity contribution in [2.45, 2.75) is 39.5 Å². The number of rotatable bonds is 7. The number of nitrogens with one attached hydrogen (secondary N) is 2. The van der Waals surface area contributed by atoms with Crippen molar-refractivity contribution in [1.29, 1.82) is 0 Å². The molecule has 0 amide bonds. The average molecular weight is 284 g/mol. The molecule has 4 heteroatoms. The van der Waals surface area contributed by atoms with Gasteiger partial charge in [-0.2, -0.15) is 4.98 Å². The molecule has 112 valence electrons. The van der Waals surface area contributed by atoms with Crippen molar-refractivity contribution in [3.05, 3.63) is 24.3 Å². The zero-order chi connectivity index (χ0) is 14.7. The number of anilines is 2. The molecule has 1 heterocycles. The molecule has 2 N–H and O–H groups in total. The van der Waals surface area contributed by atoms with E-state index in [1.165, 1.54) is 25.7 Å². The molecule has 1 fully saturated rings. The predicted molar refractivity (Wildman–Crippen MR) is 88.8 cm³/mol. The molecule has 0 spiro atoms. The third kappa shape index (κ3) is 3.09. The summed E-state index contributed by atoms with van der Waals surface area (Å²) in [6, 6.07) is 8.20. The standard InChI is InChI=1S/C17H24N4/c1-3-9-17(10-11-17)12-19-15-13-7-5-6-8-14(13)20-16(21-15)18-4-2/h5-8H,3-4,9-12H2,1-2H3,(H2,18,19,20,21). The van der Waals surface area contributed by atoms with Crippen LogP contribution < -0.4 is 10.6 Å². The Hall–Kier alpha value is -1.84. The Labute approximate surface area is 126 Å². The number of hydrogen-bond acceptors (Lipinski definition) is 4. The highest BCUT2D eigenvalue weighted by Gasteiger charge is 2.41. The van der Waals surface area contributed by atoms with E-state index < -0.39 is 0 Å². The average Bonchev–Trinajstić information content (AvgIpc) is 3.26. The summed E-state index contributed by atoms with van der Waals surface area (Å²) < 4.78 is 0. The van der Waals surface area contributed by atoms with Gasteiger partial charge in [0.25, 0.3) is 0 Å². The molecule has 1 aliphatic rings. The Morgan fingerprint density at radius 3 is 2.62 bits per heavy atom. The minimum absolute atomic E-state index is 0.513. The monoisotopic (exact) mass is 284 g/mol. The number of nitrogens with zero attached hydrogens (tertiary/aromatic N) is 2. The van der Waals surface area contributed by atoms with E-state index in [4.69, 9.17) is 0 Å². The van der Waals surface area contributed by atoms with E-state index in [0.29, 0.717) is 11.4 Å². The van der Waals surface area contributed by atoms with Crippen LogP contribution in [0, 0.1) is 5.41 Å². The summed E-state index contributed by atoms with van der Waals surface area (Å²) in [6.45, 7) is 6.18. The van der Waals surface area contributed by atoms with E-state index in [9.17, 15) is 0 Å². The summed E-state index contributed by atoms with van der Waals surface area (Å²) in [5, 5.41) is 7.90. The smallest absolute Gasteiger partial charge is 0.225 e. The minimum Gasteiger partial charge on any atom is -0.369 e. The molecule has 0 unspecified atom stereocenters. The fourth-order valence-electron chi connectivity index (χ4n) is 2.94. The predicted octanol–water partition coefficient (Wildman–Crippen LogP) is 4.05. The first-order chi connectivity index (χ1) is 10.3. The van der Waals surface area contributed by atoms with Crippen LogP contribution >= 0.6 is 0 Å². The van der Waals surface area contributed by atoms with Gasteiger partial charge < -0.3 is 10.6 Å². The van der Waals surface area contributed by atoms with Gasteiger partial charge in [0.2, 0.25) is 5.95 Å². The third-order valence-electron chi connectivity index (χ3n) is 4.31. The van der Waals surface area contributed by atoms with Crippen molar-refractivity contribution >= 4 is 22.7 Å². The highest BCUT2D eigenvalue weighted by atomic mass is 15.1. The lowest BCUT2D eigenvalue weighted by molar-refractivity contribution is 0.485. The van der Waals surface area contributed by atoms with Crippen LogP contribution in [0.2, 0.25) is 0 Å². The number of hydrogen-bond donors (Lipinski definition) is 2. The molecule has 1 aromatic carbocycles. The highest BCUT2D eigenvalue weighted by molar-refractivity contribution is 5.90. The van der Waals surface area contributed by atoms with E-state index >= 15 is 0 Å². The third-order valence-corrected chi connectivity index (χ3v) is 4.31. The van der Waals surface area contributed by atoms with Crippen molar-refractivity contribution < 1.29 is 0 Å². The lowest BCUT2D eigenvalue weighted by atomic mass is 10.0. The molecule has 1 aliphatic carbocycles. The van der Waals surface area contributed by atoms with E-state index in [2.05, 4.69) is 40.5 Å². The van der Waals surface area contributed by atoms with E-state index in [0.717, 1.165) is 29.8 Å². The molecule has 4 nitrogen and oxygen atoms in total. The van der Waals surface area contributed by atoms with Gasteiger partial charge in [0.05, 0.1) is 5.52 Å². The summed E-state index contributed by atoms with van der Waals surface area (Å²) in [5.74, 6) is 1.66. The van der Waals surface area contributed by atoms with Crippen molar-refractivity contribution in [2.75, 3.05) is 23.7 Å². The molecular formula is C17H24N4. The van der Waals surface area contributed by atoms with Crippen molar-refractivity contribution in [1.82, 2.24) is 9.97 Å². The molecule has 0 radical (unpaired) electrons. The summed E-state index contributed by atoms with van der Waals surface area (Å²) in [4.78, 5) is 9.21. The van der Waals surface area contributed by atoms with Crippen LogP contribution in [0.4, 0.5) is 11.8 Å². The Morgan fingerprint density at radius 2 is 1.90 bits per heavy atom. The Bertz CT molecular complexity index is 619. The second kappa shape index (κ2) is 5.88. The lowest BCUT2D eigenvalue weighted by Crippen LogP contribution is -2.17. The fourth-order valence-corrected chi connectivity index (χ4v) is 2.94. The van der Waals surface area contributed by atoms with Crippen LogP contribution in [0.1, 0.15) is 39.5 Å². The molecular weight excluding hydrogens is 260 g/mol. The number of para-hydroxylation sites is 1. The van der Waals surface area contributed by atoms with Crippen LogP contribution in [0.25, 0.3) is 10.9 Å².